The zero-order valence-corrected chi connectivity index (χ0v) is 16.5. The van der Waals surface area contributed by atoms with E-state index < -0.39 is 10.8 Å². The third-order valence-electron chi connectivity index (χ3n) is 3.77. The van der Waals surface area contributed by atoms with Crippen LogP contribution in [0.3, 0.4) is 0 Å². The summed E-state index contributed by atoms with van der Waals surface area (Å²) < 4.78 is 5.89. The van der Waals surface area contributed by atoms with Crippen molar-refractivity contribution in [2.75, 3.05) is 5.32 Å². The number of carbonyl (C=O) groups excluding carboxylic acids is 1. The molecule has 10 heteroatoms. The smallest absolute Gasteiger partial charge is 0.270 e. The lowest BCUT2D eigenvalue weighted by atomic mass is 10.2. The first-order valence-corrected chi connectivity index (χ1v) is 9.35. The van der Waals surface area contributed by atoms with Crippen LogP contribution in [0.5, 0.6) is 5.75 Å². The molecule has 0 aliphatic heterocycles. The Balaban J connectivity index is 1.68. The van der Waals surface area contributed by atoms with Gasteiger partial charge in [0.05, 0.1) is 4.92 Å². The molecule has 1 N–H and O–H groups in total. The average molecular weight is 419 g/mol. The zero-order chi connectivity index (χ0) is 20.3. The summed E-state index contributed by atoms with van der Waals surface area (Å²) in [4.78, 5) is 22.6. The van der Waals surface area contributed by atoms with Gasteiger partial charge in [0.1, 0.15) is 11.9 Å². The summed E-state index contributed by atoms with van der Waals surface area (Å²) in [6.45, 7) is 3.71. The van der Waals surface area contributed by atoms with Gasteiger partial charge in [-0.05, 0) is 43.7 Å². The highest BCUT2D eigenvalue weighted by atomic mass is 35.5. The molecular formula is C18H15ClN4O4S. The first-order chi connectivity index (χ1) is 13.3. The van der Waals surface area contributed by atoms with E-state index in [0.29, 0.717) is 15.8 Å². The number of amides is 1. The van der Waals surface area contributed by atoms with Gasteiger partial charge in [0.2, 0.25) is 5.13 Å². The molecule has 0 bridgehead atoms. The topological polar surface area (TPSA) is 107 Å². The van der Waals surface area contributed by atoms with Crippen molar-refractivity contribution in [3.63, 3.8) is 0 Å². The summed E-state index contributed by atoms with van der Waals surface area (Å²) >= 11 is 7.11. The van der Waals surface area contributed by atoms with E-state index in [-0.39, 0.29) is 22.5 Å². The van der Waals surface area contributed by atoms with Gasteiger partial charge in [0.25, 0.3) is 11.6 Å². The van der Waals surface area contributed by atoms with E-state index in [2.05, 4.69) is 15.5 Å². The van der Waals surface area contributed by atoms with Crippen LogP contribution in [0.4, 0.5) is 10.8 Å². The van der Waals surface area contributed by atoms with Crippen molar-refractivity contribution in [2.45, 2.75) is 20.0 Å². The van der Waals surface area contributed by atoms with Gasteiger partial charge in [-0.1, -0.05) is 29.0 Å². The Morgan fingerprint density at radius 1 is 1.29 bits per heavy atom. The second-order valence-electron chi connectivity index (χ2n) is 5.88. The first kappa shape index (κ1) is 19.7. The van der Waals surface area contributed by atoms with Gasteiger partial charge in [0, 0.05) is 22.7 Å². The van der Waals surface area contributed by atoms with Crippen molar-refractivity contribution < 1.29 is 14.5 Å². The molecule has 0 unspecified atom stereocenters. The summed E-state index contributed by atoms with van der Waals surface area (Å²) in [5, 5.41) is 22.9. The highest BCUT2D eigenvalue weighted by Crippen LogP contribution is 2.29. The molecular weight excluding hydrogens is 404 g/mol. The summed E-state index contributed by atoms with van der Waals surface area (Å²) in [5.41, 5.74) is 0.890. The maximum Gasteiger partial charge on any atom is 0.270 e. The van der Waals surface area contributed by atoms with Crippen LogP contribution in [0.25, 0.3) is 0 Å². The minimum absolute atomic E-state index is 0.159. The SMILES string of the molecule is Cc1cc(Cl)ccc1O[C@H](C)c1nnc(NC(=O)c2cccc([N+](=O)[O-])c2)s1. The fourth-order valence-electron chi connectivity index (χ4n) is 2.37. The fraction of sp³-hybridized carbons (Fsp3) is 0.167. The van der Waals surface area contributed by atoms with Gasteiger partial charge in [0.15, 0.2) is 5.01 Å². The van der Waals surface area contributed by atoms with E-state index in [1.165, 1.54) is 24.3 Å². The van der Waals surface area contributed by atoms with E-state index in [0.717, 1.165) is 16.9 Å². The molecule has 0 saturated heterocycles. The zero-order valence-electron chi connectivity index (χ0n) is 14.9. The number of hydrogen-bond donors (Lipinski definition) is 1. The molecule has 0 spiro atoms. The van der Waals surface area contributed by atoms with E-state index >= 15 is 0 Å². The maximum absolute atomic E-state index is 12.3. The molecule has 1 aromatic heterocycles. The normalized spacial score (nSPS) is 11.7. The van der Waals surface area contributed by atoms with Gasteiger partial charge in [-0.15, -0.1) is 10.2 Å². The highest BCUT2D eigenvalue weighted by molar-refractivity contribution is 7.15. The molecule has 3 rings (SSSR count). The van der Waals surface area contributed by atoms with Crippen molar-refractivity contribution in [1.29, 1.82) is 0 Å². The number of carbonyl (C=O) groups is 1. The molecule has 0 aliphatic rings. The van der Waals surface area contributed by atoms with E-state index in [4.69, 9.17) is 16.3 Å². The Kier molecular flexibility index (Phi) is 5.86. The van der Waals surface area contributed by atoms with E-state index in [1.807, 2.05) is 13.8 Å². The molecule has 1 heterocycles. The Labute approximate surface area is 169 Å². The monoisotopic (exact) mass is 418 g/mol. The van der Waals surface area contributed by atoms with Gasteiger partial charge in [-0.25, -0.2) is 0 Å². The number of non-ortho nitro benzene ring substituents is 1. The number of nitro groups is 1. The molecule has 8 nitrogen and oxygen atoms in total. The number of benzene rings is 2. The lowest BCUT2D eigenvalue weighted by molar-refractivity contribution is -0.384. The Bertz CT molecular complexity index is 1040. The lowest BCUT2D eigenvalue weighted by Gasteiger charge is -2.13. The number of aryl methyl sites for hydroxylation is 1. The van der Waals surface area contributed by atoms with Crippen LogP contribution in [0, 0.1) is 17.0 Å². The van der Waals surface area contributed by atoms with Gasteiger partial charge < -0.3 is 4.74 Å². The molecule has 1 atom stereocenters. The fourth-order valence-corrected chi connectivity index (χ4v) is 3.31. The van der Waals surface area contributed by atoms with Gasteiger partial charge in [-0.2, -0.15) is 0 Å². The van der Waals surface area contributed by atoms with Crippen LogP contribution < -0.4 is 10.1 Å². The van der Waals surface area contributed by atoms with Crippen molar-refractivity contribution in [2.24, 2.45) is 0 Å². The molecule has 0 aliphatic carbocycles. The quantitative estimate of drug-likeness (QED) is 0.455. The molecule has 0 saturated carbocycles. The summed E-state index contributed by atoms with van der Waals surface area (Å²) in [6, 6.07) is 10.8. The second kappa shape index (κ2) is 8.32. The van der Waals surface area contributed by atoms with E-state index in [9.17, 15) is 14.9 Å². The number of nitro benzene ring substituents is 1. The molecule has 144 valence electrons. The molecule has 1 amide bonds. The van der Waals surface area contributed by atoms with Crippen LogP contribution in [0.15, 0.2) is 42.5 Å². The summed E-state index contributed by atoms with van der Waals surface area (Å²) in [6.07, 6.45) is -0.388. The van der Waals surface area contributed by atoms with E-state index in [1.54, 1.807) is 18.2 Å². The number of nitrogens with zero attached hydrogens (tertiary/aromatic N) is 3. The predicted octanol–water partition coefficient (Wildman–Crippen LogP) is 4.80. The van der Waals surface area contributed by atoms with Crippen LogP contribution >= 0.6 is 22.9 Å². The number of nitrogens with one attached hydrogen (secondary N) is 1. The predicted molar refractivity (Wildman–Crippen MR) is 106 cm³/mol. The van der Waals surface area contributed by atoms with Crippen LogP contribution in [0.1, 0.15) is 34.0 Å². The molecule has 3 aromatic rings. The summed E-state index contributed by atoms with van der Waals surface area (Å²) in [7, 11) is 0. The molecule has 0 fully saturated rings. The van der Waals surface area contributed by atoms with Crippen molar-refractivity contribution in [1.82, 2.24) is 10.2 Å². The minimum Gasteiger partial charge on any atom is -0.483 e. The minimum atomic E-state index is -0.558. The Morgan fingerprint density at radius 3 is 2.79 bits per heavy atom. The van der Waals surface area contributed by atoms with Gasteiger partial charge >= 0.3 is 0 Å². The molecule has 0 radical (unpaired) electrons. The number of aromatic nitrogens is 2. The van der Waals surface area contributed by atoms with Gasteiger partial charge in [-0.3, -0.25) is 20.2 Å². The highest BCUT2D eigenvalue weighted by Gasteiger charge is 2.17. The standard InChI is InChI=1S/C18H15ClN4O4S/c1-10-8-13(19)6-7-15(10)27-11(2)17-21-22-18(28-17)20-16(24)12-4-3-5-14(9-12)23(25)26/h3-9,11H,1-2H3,(H,20,22,24)/t11-/m1/s1. The van der Waals surface area contributed by atoms with Crippen LogP contribution in [-0.4, -0.2) is 21.0 Å². The van der Waals surface area contributed by atoms with Crippen molar-refractivity contribution in [3.8, 4) is 5.75 Å². The number of hydrogen-bond acceptors (Lipinski definition) is 7. The maximum atomic E-state index is 12.3. The molecule has 28 heavy (non-hydrogen) atoms. The third-order valence-corrected chi connectivity index (χ3v) is 5.00. The Morgan fingerprint density at radius 2 is 2.07 bits per heavy atom. The largest absolute Gasteiger partial charge is 0.483 e. The van der Waals surface area contributed by atoms with Crippen molar-refractivity contribution >= 4 is 39.7 Å². The lowest BCUT2D eigenvalue weighted by Crippen LogP contribution is -2.11. The summed E-state index contributed by atoms with van der Waals surface area (Å²) in [5.74, 6) is 0.169. The Hall–Kier alpha value is -3.04. The number of anilines is 1. The number of rotatable bonds is 6. The second-order valence-corrected chi connectivity index (χ2v) is 7.32. The molecule has 2 aromatic carbocycles. The third kappa shape index (κ3) is 4.62. The van der Waals surface area contributed by atoms with Crippen molar-refractivity contribution in [3.05, 3.63) is 73.7 Å². The number of halogens is 1. The van der Waals surface area contributed by atoms with Crippen LogP contribution in [-0.2, 0) is 0 Å². The average Bonchev–Trinajstić information content (AvgIpc) is 3.12. The first-order valence-electron chi connectivity index (χ1n) is 8.15. The van der Waals surface area contributed by atoms with Crippen LogP contribution in [0.2, 0.25) is 5.02 Å². The number of ether oxygens (including phenoxy) is 1.